The van der Waals surface area contributed by atoms with Crippen molar-refractivity contribution in [3.63, 3.8) is 0 Å². The summed E-state index contributed by atoms with van der Waals surface area (Å²) >= 11 is 0. The number of hydrogen-bond donors (Lipinski definition) is 1. The van der Waals surface area contributed by atoms with E-state index in [1.807, 2.05) is 12.1 Å². The molecule has 0 unspecified atom stereocenters. The van der Waals surface area contributed by atoms with Crippen LogP contribution in [0.5, 0.6) is 0 Å². The lowest BCUT2D eigenvalue weighted by atomic mass is 9.96. The fourth-order valence-electron chi connectivity index (χ4n) is 2.69. The molecule has 1 N–H and O–H groups in total. The molecule has 0 spiro atoms. The lowest BCUT2D eigenvalue weighted by molar-refractivity contribution is 0.0658. The average Bonchev–Trinajstić information content (AvgIpc) is 2.94. The Labute approximate surface area is 116 Å². The molecule has 2 atom stereocenters. The summed E-state index contributed by atoms with van der Waals surface area (Å²) in [7, 11) is 0. The quantitative estimate of drug-likeness (QED) is 0.924. The van der Waals surface area contributed by atoms with Gasteiger partial charge < -0.3 is 5.32 Å². The number of anilines is 1. The normalized spacial score (nSPS) is 21.6. The molecule has 1 aromatic heterocycles. The van der Waals surface area contributed by atoms with Crippen LogP contribution in [-0.4, -0.2) is 16.2 Å². The van der Waals surface area contributed by atoms with Crippen LogP contribution in [0.4, 0.5) is 14.6 Å². The third-order valence-electron chi connectivity index (χ3n) is 3.86. The van der Waals surface area contributed by atoms with Gasteiger partial charge in [-0.3, -0.25) is 0 Å². The highest BCUT2D eigenvalue weighted by molar-refractivity contribution is 5.41. The van der Waals surface area contributed by atoms with E-state index in [0.717, 1.165) is 12.0 Å². The Hall–Kier alpha value is -1.91. The molecule has 3 rings (SSSR count). The largest absolute Gasteiger partial charge is 0.363 e. The molecule has 1 aliphatic heterocycles. The summed E-state index contributed by atoms with van der Waals surface area (Å²) in [4.78, 5) is 0. The Balaban J connectivity index is 1.88. The molecule has 2 aromatic rings. The van der Waals surface area contributed by atoms with Gasteiger partial charge in [-0.2, -0.15) is 5.10 Å². The minimum atomic E-state index is -2.41. The third-order valence-corrected chi connectivity index (χ3v) is 3.86. The van der Waals surface area contributed by atoms with Crippen LogP contribution in [0.3, 0.4) is 0 Å². The molecule has 0 aliphatic carbocycles. The Bertz CT molecular complexity index is 577. The van der Waals surface area contributed by atoms with E-state index in [1.165, 1.54) is 10.2 Å². The molecule has 1 aromatic carbocycles. The first-order chi connectivity index (χ1) is 9.69. The molecule has 0 saturated heterocycles. The van der Waals surface area contributed by atoms with E-state index >= 15 is 0 Å². The van der Waals surface area contributed by atoms with E-state index in [4.69, 9.17) is 0 Å². The molecule has 0 fully saturated rings. The van der Waals surface area contributed by atoms with Gasteiger partial charge in [-0.25, -0.2) is 13.5 Å². The summed E-state index contributed by atoms with van der Waals surface area (Å²) in [6.07, 6.45) is 0.469. The van der Waals surface area contributed by atoms with Gasteiger partial charge in [0.2, 0.25) is 0 Å². The highest BCUT2D eigenvalue weighted by Gasteiger charge is 2.33. The van der Waals surface area contributed by atoms with Gasteiger partial charge in [-0.05, 0) is 24.0 Å². The van der Waals surface area contributed by atoms with E-state index in [1.54, 1.807) is 12.3 Å². The zero-order valence-corrected chi connectivity index (χ0v) is 11.3. The Morgan fingerprint density at radius 1 is 1.30 bits per heavy atom. The van der Waals surface area contributed by atoms with Crippen molar-refractivity contribution in [2.75, 3.05) is 5.32 Å². The van der Waals surface area contributed by atoms with Crippen molar-refractivity contribution in [1.82, 2.24) is 9.78 Å². The van der Waals surface area contributed by atoms with Gasteiger partial charge in [0.15, 0.2) is 0 Å². The van der Waals surface area contributed by atoms with Gasteiger partial charge in [0.1, 0.15) is 11.9 Å². The summed E-state index contributed by atoms with van der Waals surface area (Å²) in [5, 5.41) is 7.27. The summed E-state index contributed by atoms with van der Waals surface area (Å²) in [5.74, 6) is 0.658. The number of nitrogens with one attached hydrogen (secondary N) is 1. The minimum Gasteiger partial charge on any atom is -0.363 e. The maximum atomic E-state index is 13.2. The molecule has 3 nitrogen and oxygen atoms in total. The monoisotopic (exact) mass is 277 g/mol. The van der Waals surface area contributed by atoms with Crippen molar-refractivity contribution in [2.24, 2.45) is 0 Å². The van der Waals surface area contributed by atoms with E-state index in [-0.39, 0.29) is 6.04 Å². The van der Waals surface area contributed by atoms with Crippen LogP contribution in [-0.2, 0) is 6.42 Å². The van der Waals surface area contributed by atoms with Crippen LogP contribution in [0.1, 0.15) is 36.6 Å². The van der Waals surface area contributed by atoms with Crippen LogP contribution in [0, 0.1) is 0 Å². The number of rotatable bonds is 3. The highest BCUT2D eigenvalue weighted by Crippen LogP contribution is 2.37. The number of aryl methyl sites for hydroxylation is 1. The summed E-state index contributed by atoms with van der Waals surface area (Å²) in [6, 6.07) is 8.93. The molecule has 5 heteroatoms. The van der Waals surface area contributed by atoms with E-state index in [0.29, 0.717) is 12.2 Å². The molecule has 1 aliphatic rings. The second kappa shape index (κ2) is 5.23. The van der Waals surface area contributed by atoms with E-state index in [9.17, 15) is 8.78 Å². The van der Waals surface area contributed by atoms with Gasteiger partial charge in [-0.15, -0.1) is 0 Å². The van der Waals surface area contributed by atoms with Crippen molar-refractivity contribution < 1.29 is 8.78 Å². The number of aromatic nitrogens is 2. The molecular formula is C15H17F2N3. The van der Waals surface area contributed by atoms with Crippen LogP contribution in [0.25, 0.3) is 0 Å². The zero-order chi connectivity index (χ0) is 14.1. The lowest BCUT2D eigenvalue weighted by Gasteiger charge is -2.32. The highest BCUT2D eigenvalue weighted by atomic mass is 19.3. The Kier molecular flexibility index (Phi) is 3.42. The van der Waals surface area contributed by atoms with Crippen molar-refractivity contribution in [3.05, 3.63) is 47.7 Å². The van der Waals surface area contributed by atoms with Gasteiger partial charge in [0.25, 0.3) is 6.43 Å². The first-order valence-corrected chi connectivity index (χ1v) is 6.86. The standard InChI is InChI=1S/C15H17F2N3/c1-2-10-3-5-11(6-4-10)12-9-13(15(16)17)20-14(19-12)7-8-18-20/h3-8,12-13,15,19H,2,9H2,1H3/t12-,13-/m1/s1. The average molecular weight is 277 g/mol. The number of halogens is 2. The Morgan fingerprint density at radius 3 is 2.70 bits per heavy atom. The van der Waals surface area contributed by atoms with Crippen molar-refractivity contribution in [2.45, 2.75) is 38.3 Å². The SMILES string of the molecule is CCc1ccc([C@H]2C[C@H](C(F)F)n3nccc3N2)cc1. The summed E-state index contributed by atoms with van der Waals surface area (Å²) in [5.41, 5.74) is 2.29. The number of alkyl halides is 2. The molecule has 0 amide bonds. The molecule has 106 valence electrons. The predicted molar refractivity (Wildman–Crippen MR) is 74.1 cm³/mol. The second-order valence-corrected chi connectivity index (χ2v) is 5.09. The second-order valence-electron chi connectivity index (χ2n) is 5.09. The molecule has 20 heavy (non-hydrogen) atoms. The van der Waals surface area contributed by atoms with Gasteiger partial charge in [0, 0.05) is 6.07 Å². The molecule has 0 saturated carbocycles. The third kappa shape index (κ3) is 2.28. The maximum Gasteiger partial charge on any atom is 0.260 e. The van der Waals surface area contributed by atoms with Crippen LogP contribution in [0.2, 0.25) is 0 Å². The van der Waals surface area contributed by atoms with E-state index in [2.05, 4.69) is 29.5 Å². The fraction of sp³-hybridized carbons (Fsp3) is 0.400. The first-order valence-electron chi connectivity index (χ1n) is 6.86. The fourth-order valence-corrected chi connectivity index (χ4v) is 2.69. The summed E-state index contributed by atoms with van der Waals surface area (Å²) < 4.78 is 27.8. The van der Waals surface area contributed by atoms with Crippen LogP contribution >= 0.6 is 0 Å². The van der Waals surface area contributed by atoms with Gasteiger partial charge >= 0.3 is 0 Å². The number of benzene rings is 1. The van der Waals surface area contributed by atoms with Crippen molar-refractivity contribution in [1.29, 1.82) is 0 Å². The maximum absolute atomic E-state index is 13.2. The topological polar surface area (TPSA) is 29.9 Å². The smallest absolute Gasteiger partial charge is 0.260 e. The first kappa shape index (κ1) is 13.1. The molecule has 0 radical (unpaired) electrons. The van der Waals surface area contributed by atoms with Crippen LogP contribution < -0.4 is 5.32 Å². The number of hydrogen-bond acceptors (Lipinski definition) is 2. The van der Waals surface area contributed by atoms with Crippen molar-refractivity contribution in [3.8, 4) is 0 Å². The van der Waals surface area contributed by atoms with Crippen LogP contribution in [0.15, 0.2) is 36.5 Å². The minimum absolute atomic E-state index is 0.0934. The van der Waals surface area contributed by atoms with Gasteiger partial charge in [0.05, 0.1) is 12.2 Å². The molecule has 0 bridgehead atoms. The zero-order valence-electron chi connectivity index (χ0n) is 11.3. The van der Waals surface area contributed by atoms with Crippen molar-refractivity contribution >= 4 is 5.82 Å². The van der Waals surface area contributed by atoms with E-state index < -0.39 is 12.5 Å². The lowest BCUT2D eigenvalue weighted by Crippen LogP contribution is -2.30. The molecular weight excluding hydrogens is 260 g/mol. The molecule has 2 heterocycles. The number of fused-ring (bicyclic) bond motifs is 1. The summed E-state index contributed by atoms with van der Waals surface area (Å²) in [6.45, 7) is 2.10. The Morgan fingerprint density at radius 2 is 2.05 bits per heavy atom. The number of nitrogens with zero attached hydrogens (tertiary/aromatic N) is 2. The predicted octanol–water partition coefficient (Wildman–Crippen LogP) is 3.81. The van der Waals surface area contributed by atoms with Gasteiger partial charge in [-0.1, -0.05) is 31.2 Å².